The molecule has 1 saturated carbocycles. The molecule has 1 aromatic carbocycles. The third-order valence-electron chi connectivity index (χ3n) is 3.19. The van der Waals surface area contributed by atoms with E-state index in [1.54, 1.807) is 6.07 Å². The third kappa shape index (κ3) is 2.96. The molecule has 0 bridgehead atoms. The lowest BCUT2D eigenvalue weighted by molar-refractivity contribution is 0.376. The Morgan fingerprint density at radius 1 is 1.25 bits per heavy atom. The highest BCUT2D eigenvalue weighted by Gasteiger charge is 2.22. The fraction of sp³-hybridized carbons (Fsp3) is 0.538. The number of rotatable bonds is 3. The van der Waals surface area contributed by atoms with Crippen molar-refractivity contribution in [2.45, 2.75) is 43.6 Å². The zero-order chi connectivity index (χ0) is 11.4. The molecule has 1 fully saturated rings. The van der Waals surface area contributed by atoms with Gasteiger partial charge in [-0.05, 0) is 18.9 Å². The lowest BCUT2D eigenvalue weighted by Crippen LogP contribution is -2.39. The van der Waals surface area contributed by atoms with Gasteiger partial charge in [-0.25, -0.2) is 4.39 Å². The largest absolute Gasteiger partial charge is 0.308 e. The van der Waals surface area contributed by atoms with Crippen molar-refractivity contribution >= 4 is 11.6 Å². The minimum atomic E-state index is -0.142. The highest BCUT2D eigenvalue weighted by Crippen LogP contribution is 2.23. The summed E-state index contributed by atoms with van der Waals surface area (Å²) in [5.74, 6) is -0.142. The van der Waals surface area contributed by atoms with Crippen molar-refractivity contribution < 1.29 is 4.39 Å². The van der Waals surface area contributed by atoms with E-state index in [1.807, 2.05) is 12.1 Å². The van der Waals surface area contributed by atoms with Gasteiger partial charge in [0, 0.05) is 23.5 Å². The van der Waals surface area contributed by atoms with Crippen LogP contribution in [0.3, 0.4) is 0 Å². The summed E-state index contributed by atoms with van der Waals surface area (Å²) in [6.07, 6.45) is 4.60. The minimum Gasteiger partial charge on any atom is -0.308 e. The molecule has 3 heteroatoms. The Hall–Kier alpha value is -0.600. The van der Waals surface area contributed by atoms with E-state index in [1.165, 1.54) is 18.9 Å². The van der Waals surface area contributed by atoms with Gasteiger partial charge in [0.2, 0.25) is 0 Å². The van der Waals surface area contributed by atoms with Crippen LogP contribution < -0.4 is 5.32 Å². The Morgan fingerprint density at radius 3 is 2.75 bits per heavy atom. The van der Waals surface area contributed by atoms with Crippen molar-refractivity contribution in [1.29, 1.82) is 0 Å². The topological polar surface area (TPSA) is 12.0 Å². The Morgan fingerprint density at radius 2 is 2.00 bits per heavy atom. The molecular weight excluding hydrogens is 225 g/mol. The Kier molecular flexibility index (Phi) is 4.19. The molecule has 0 spiro atoms. The highest BCUT2D eigenvalue weighted by atomic mass is 35.5. The second-order valence-electron chi connectivity index (χ2n) is 4.38. The number of nitrogens with one attached hydrogen (secondary N) is 1. The third-order valence-corrected chi connectivity index (χ3v) is 3.72. The zero-order valence-corrected chi connectivity index (χ0v) is 10.0. The van der Waals surface area contributed by atoms with E-state index in [4.69, 9.17) is 11.6 Å². The molecule has 2 rings (SSSR count). The first kappa shape index (κ1) is 11.9. The summed E-state index contributed by atoms with van der Waals surface area (Å²) < 4.78 is 13.4. The number of hydrogen-bond donors (Lipinski definition) is 1. The maximum Gasteiger partial charge on any atom is 0.127 e. The van der Waals surface area contributed by atoms with Crippen molar-refractivity contribution in [3.05, 3.63) is 35.6 Å². The molecule has 1 aromatic rings. The van der Waals surface area contributed by atoms with Crippen molar-refractivity contribution in [2.75, 3.05) is 0 Å². The van der Waals surface area contributed by atoms with Crippen LogP contribution >= 0.6 is 11.6 Å². The quantitative estimate of drug-likeness (QED) is 0.800. The van der Waals surface area contributed by atoms with Crippen LogP contribution in [0.15, 0.2) is 24.3 Å². The summed E-state index contributed by atoms with van der Waals surface area (Å²) in [6.45, 7) is 0.570. The Labute approximate surface area is 101 Å². The molecule has 2 atom stereocenters. The minimum absolute atomic E-state index is 0.142. The second-order valence-corrected chi connectivity index (χ2v) is 4.94. The fourth-order valence-corrected chi connectivity index (χ4v) is 2.57. The SMILES string of the molecule is Fc1ccccc1CNC1CCCCC1Cl. The van der Waals surface area contributed by atoms with E-state index in [9.17, 15) is 4.39 Å². The lowest BCUT2D eigenvalue weighted by atomic mass is 9.95. The second kappa shape index (κ2) is 5.65. The van der Waals surface area contributed by atoms with Crippen LogP contribution in [0.1, 0.15) is 31.2 Å². The van der Waals surface area contributed by atoms with Crippen molar-refractivity contribution in [2.24, 2.45) is 0 Å². The molecule has 1 aliphatic carbocycles. The molecular formula is C13H17ClFN. The molecule has 0 aliphatic heterocycles. The molecule has 2 unspecified atom stereocenters. The van der Waals surface area contributed by atoms with Crippen molar-refractivity contribution in [3.8, 4) is 0 Å². The molecule has 1 nitrogen and oxygen atoms in total. The Bertz CT molecular complexity index is 342. The molecule has 0 heterocycles. The number of hydrogen-bond acceptors (Lipinski definition) is 1. The van der Waals surface area contributed by atoms with E-state index >= 15 is 0 Å². The molecule has 0 radical (unpaired) electrons. The van der Waals surface area contributed by atoms with E-state index in [0.717, 1.165) is 18.4 Å². The van der Waals surface area contributed by atoms with Crippen LogP contribution in [0.25, 0.3) is 0 Å². The van der Waals surface area contributed by atoms with E-state index in [0.29, 0.717) is 12.6 Å². The fourth-order valence-electron chi connectivity index (χ4n) is 2.20. The van der Waals surface area contributed by atoms with Gasteiger partial charge in [-0.2, -0.15) is 0 Å². The first-order valence-corrected chi connectivity index (χ1v) is 6.32. The van der Waals surface area contributed by atoms with Gasteiger partial charge < -0.3 is 5.32 Å². The van der Waals surface area contributed by atoms with Crippen LogP contribution in [0.4, 0.5) is 4.39 Å². The predicted octanol–water partition coefficient (Wildman–Crippen LogP) is 3.47. The van der Waals surface area contributed by atoms with Gasteiger partial charge in [0.05, 0.1) is 0 Å². The normalized spacial score (nSPS) is 25.6. The number of alkyl halides is 1. The van der Waals surface area contributed by atoms with Gasteiger partial charge in [0.15, 0.2) is 0 Å². The van der Waals surface area contributed by atoms with E-state index in [2.05, 4.69) is 5.32 Å². The summed E-state index contributed by atoms with van der Waals surface area (Å²) in [5, 5.41) is 3.55. The molecule has 0 saturated heterocycles. The van der Waals surface area contributed by atoms with Gasteiger partial charge in [-0.15, -0.1) is 11.6 Å². The van der Waals surface area contributed by atoms with Crippen LogP contribution in [-0.2, 0) is 6.54 Å². The average molecular weight is 242 g/mol. The van der Waals surface area contributed by atoms with E-state index < -0.39 is 0 Å². The lowest BCUT2D eigenvalue weighted by Gasteiger charge is -2.28. The van der Waals surface area contributed by atoms with Crippen LogP contribution in [0.2, 0.25) is 0 Å². The first-order valence-electron chi connectivity index (χ1n) is 5.88. The summed E-state index contributed by atoms with van der Waals surface area (Å²) in [4.78, 5) is 0. The van der Waals surface area contributed by atoms with Crippen molar-refractivity contribution in [3.63, 3.8) is 0 Å². The maximum absolute atomic E-state index is 13.4. The molecule has 1 N–H and O–H groups in total. The average Bonchev–Trinajstić information content (AvgIpc) is 2.30. The summed E-state index contributed by atoms with van der Waals surface area (Å²) in [7, 11) is 0. The number of halogens is 2. The molecule has 88 valence electrons. The first-order chi connectivity index (χ1) is 7.77. The standard InChI is InChI=1S/C13H17ClFN/c14-11-6-2-4-8-13(11)16-9-10-5-1-3-7-12(10)15/h1,3,5,7,11,13,16H,2,4,6,8-9H2. The van der Waals surface area contributed by atoms with Gasteiger partial charge in [-0.1, -0.05) is 31.0 Å². The molecule has 0 aromatic heterocycles. The van der Waals surface area contributed by atoms with Crippen LogP contribution in [-0.4, -0.2) is 11.4 Å². The monoisotopic (exact) mass is 241 g/mol. The van der Waals surface area contributed by atoms with Gasteiger partial charge in [0.25, 0.3) is 0 Å². The van der Waals surface area contributed by atoms with Gasteiger partial charge in [-0.3, -0.25) is 0 Å². The van der Waals surface area contributed by atoms with Crippen molar-refractivity contribution in [1.82, 2.24) is 5.32 Å². The van der Waals surface area contributed by atoms with E-state index in [-0.39, 0.29) is 11.2 Å². The number of benzene rings is 1. The molecule has 1 aliphatic rings. The van der Waals surface area contributed by atoms with Gasteiger partial charge >= 0.3 is 0 Å². The van der Waals surface area contributed by atoms with Gasteiger partial charge in [0.1, 0.15) is 5.82 Å². The molecule has 16 heavy (non-hydrogen) atoms. The highest BCUT2D eigenvalue weighted by molar-refractivity contribution is 6.21. The summed E-state index contributed by atoms with van der Waals surface area (Å²) in [5.41, 5.74) is 0.719. The van der Waals surface area contributed by atoms with Crippen LogP contribution in [0.5, 0.6) is 0 Å². The Balaban J connectivity index is 1.89. The van der Waals surface area contributed by atoms with Crippen LogP contribution in [0, 0.1) is 5.82 Å². The maximum atomic E-state index is 13.4. The molecule has 0 amide bonds. The summed E-state index contributed by atoms with van der Waals surface area (Å²) in [6, 6.07) is 7.21. The zero-order valence-electron chi connectivity index (χ0n) is 9.26. The summed E-state index contributed by atoms with van der Waals surface area (Å²) >= 11 is 6.23. The predicted molar refractivity (Wildman–Crippen MR) is 65.1 cm³/mol. The smallest absolute Gasteiger partial charge is 0.127 e.